The second-order valence-corrected chi connectivity index (χ2v) is 8.75. The third kappa shape index (κ3) is 4.14. The van der Waals surface area contributed by atoms with E-state index in [9.17, 15) is 4.79 Å². The number of nitrogens with zero attached hydrogens (tertiary/aromatic N) is 1. The van der Waals surface area contributed by atoms with Crippen molar-refractivity contribution in [3.8, 4) is 0 Å². The zero-order valence-corrected chi connectivity index (χ0v) is 16.3. The molecular formula is C20H23N3OS2. The summed E-state index contributed by atoms with van der Waals surface area (Å²) in [5.41, 5.74) is 3.27. The van der Waals surface area contributed by atoms with E-state index in [0.717, 1.165) is 49.0 Å². The summed E-state index contributed by atoms with van der Waals surface area (Å²) < 4.78 is 1.17. The van der Waals surface area contributed by atoms with Crippen LogP contribution in [0.4, 0.5) is 0 Å². The first kappa shape index (κ1) is 17.6. The molecule has 136 valence electrons. The number of amides is 1. The van der Waals surface area contributed by atoms with Crippen LogP contribution < -0.4 is 10.6 Å². The van der Waals surface area contributed by atoms with Crippen LogP contribution in [0.5, 0.6) is 0 Å². The van der Waals surface area contributed by atoms with Gasteiger partial charge in [0, 0.05) is 22.2 Å². The van der Waals surface area contributed by atoms with Crippen molar-refractivity contribution in [2.45, 2.75) is 38.1 Å². The molecule has 0 bridgehead atoms. The molecule has 4 rings (SSSR count). The summed E-state index contributed by atoms with van der Waals surface area (Å²) in [4.78, 5) is 18.9. The maximum Gasteiger partial charge on any atom is 0.261 e. The number of carbonyl (C=O) groups is 1. The second kappa shape index (κ2) is 8.29. The summed E-state index contributed by atoms with van der Waals surface area (Å²) in [5, 5.41) is 7.85. The van der Waals surface area contributed by atoms with Gasteiger partial charge in [0.15, 0.2) is 0 Å². The molecule has 4 nitrogen and oxygen atoms in total. The molecule has 0 aliphatic heterocycles. The van der Waals surface area contributed by atoms with Gasteiger partial charge in [-0.05, 0) is 56.2 Å². The summed E-state index contributed by atoms with van der Waals surface area (Å²) in [6.07, 6.45) is 5.48. The minimum atomic E-state index is 0.0455. The number of rotatable bonds is 7. The van der Waals surface area contributed by atoms with Crippen LogP contribution in [0, 0.1) is 0 Å². The monoisotopic (exact) mass is 385 g/mol. The Bertz CT molecular complexity index is 853. The van der Waals surface area contributed by atoms with Crippen molar-refractivity contribution in [2.75, 3.05) is 13.1 Å². The van der Waals surface area contributed by atoms with Crippen molar-refractivity contribution in [1.82, 2.24) is 15.6 Å². The standard InChI is InChI=1S/C20H23N3OS2/c24-20(19-11-14-5-1-2-6-17(14)26-19)22-10-4-3-9-21-15-7-8-16-18(12-15)25-13-23-16/h1-2,5-6,11,13,15,21H,3-4,7-10,12H2,(H,22,24). The van der Waals surface area contributed by atoms with E-state index in [4.69, 9.17) is 0 Å². The summed E-state index contributed by atoms with van der Waals surface area (Å²) in [6.45, 7) is 1.75. The van der Waals surface area contributed by atoms with Crippen LogP contribution in [0.15, 0.2) is 35.8 Å². The predicted molar refractivity (Wildman–Crippen MR) is 109 cm³/mol. The fraction of sp³-hybridized carbons (Fsp3) is 0.400. The first-order chi connectivity index (χ1) is 12.8. The van der Waals surface area contributed by atoms with E-state index in [0.29, 0.717) is 6.04 Å². The van der Waals surface area contributed by atoms with Gasteiger partial charge >= 0.3 is 0 Å². The second-order valence-electron chi connectivity index (χ2n) is 6.73. The Hall–Kier alpha value is -1.76. The van der Waals surface area contributed by atoms with Crippen LogP contribution in [0.1, 0.15) is 39.5 Å². The zero-order chi connectivity index (χ0) is 17.8. The zero-order valence-electron chi connectivity index (χ0n) is 14.7. The van der Waals surface area contributed by atoms with Crippen LogP contribution in [0.25, 0.3) is 10.1 Å². The fourth-order valence-corrected chi connectivity index (χ4v) is 5.29. The van der Waals surface area contributed by atoms with Crippen LogP contribution in [-0.2, 0) is 12.8 Å². The lowest BCUT2D eigenvalue weighted by Gasteiger charge is -2.22. The average molecular weight is 386 g/mol. The smallest absolute Gasteiger partial charge is 0.261 e. The van der Waals surface area contributed by atoms with Gasteiger partial charge in [-0.1, -0.05) is 18.2 Å². The van der Waals surface area contributed by atoms with E-state index in [1.807, 2.05) is 23.7 Å². The fourth-order valence-electron chi connectivity index (χ4n) is 3.41. The summed E-state index contributed by atoms with van der Waals surface area (Å²) in [7, 11) is 0. The molecular weight excluding hydrogens is 362 g/mol. The quantitative estimate of drug-likeness (QED) is 0.604. The third-order valence-corrected chi connectivity index (χ3v) is 6.87. The van der Waals surface area contributed by atoms with Gasteiger partial charge in [-0.3, -0.25) is 4.79 Å². The van der Waals surface area contributed by atoms with Crippen molar-refractivity contribution >= 4 is 38.7 Å². The molecule has 2 aromatic heterocycles. The Balaban J connectivity index is 1.14. The van der Waals surface area contributed by atoms with Crippen molar-refractivity contribution < 1.29 is 4.79 Å². The number of hydrogen-bond acceptors (Lipinski definition) is 5. The Morgan fingerprint density at radius 3 is 3.04 bits per heavy atom. The number of aromatic nitrogens is 1. The van der Waals surface area contributed by atoms with Crippen molar-refractivity contribution in [2.24, 2.45) is 0 Å². The first-order valence-electron chi connectivity index (χ1n) is 9.21. The van der Waals surface area contributed by atoms with E-state index in [-0.39, 0.29) is 5.91 Å². The number of hydrogen-bond donors (Lipinski definition) is 2. The van der Waals surface area contributed by atoms with Gasteiger partial charge in [0.1, 0.15) is 0 Å². The number of aryl methyl sites for hydroxylation is 1. The molecule has 0 spiro atoms. The van der Waals surface area contributed by atoms with Crippen LogP contribution in [0.2, 0.25) is 0 Å². The Morgan fingerprint density at radius 2 is 2.12 bits per heavy atom. The van der Waals surface area contributed by atoms with Gasteiger partial charge in [-0.25, -0.2) is 4.98 Å². The number of fused-ring (bicyclic) bond motifs is 2. The number of carbonyl (C=O) groups excluding carboxylic acids is 1. The van der Waals surface area contributed by atoms with E-state index >= 15 is 0 Å². The molecule has 0 radical (unpaired) electrons. The molecule has 1 atom stereocenters. The molecule has 26 heavy (non-hydrogen) atoms. The first-order valence-corrected chi connectivity index (χ1v) is 10.9. The average Bonchev–Trinajstić information content (AvgIpc) is 3.30. The van der Waals surface area contributed by atoms with Crippen LogP contribution >= 0.6 is 22.7 Å². The van der Waals surface area contributed by atoms with Crippen LogP contribution in [0.3, 0.4) is 0 Å². The van der Waals surface area contributed by atoms with Crippen molar-refractivity contribution in [3.05, 3.63) is 51.3 Å². The molecule has 2 N–H and O–H groups in total. The molecule has 1 unspecified atom stereocenters. The molecule has 2 heterocycles. The highest BCUT2D eigenvalue weighted by Gasteiger charge is 2.19. The normalized spacial score (nSPS) is 16.5. The van der Waals surface area contributed by atoms with Gasteiger partial charge in [0.2, 0.25) is 0 Å². The minimum absolute atomic E-state index is 0.0455. The highest BCUT2D eigenvalue weighted by atomic mass is 32.1. The summed E-state index contributed by atoms with van der Waals surface area (Å²) in [6, 6.07) is 10.7. The van der Waals surface area contributed by atoms with E-state index in [1.54, 1.807) is 22.7 Å². The SMILES string of the molecule is O=C(NCCCCNC1CCc2ncsc2C1)c1cc2ccccc2s1. The molecule has 1 aliphatic rings. The molecule has 1 aliphatic carbocycles. The van der Waals surface area contributed by atoms with Crippen molar-refractivity contribution in [3.63, 3.8) is 0 Å². The Labute approximate surface area is 161 Å². The van der Waals surface area contributed by atoms with Crippen LogP contribution in [-0.4, -0.2) is 30.0 Å². The molecule has 3 aromatic rings. The molecule has 0 fully saturated rings. The number of thiophene rings is 1. The number of nitrogens with one attached hydrogen (secondary N) is 2. The molecule has 1 amide bonds. The largest absolute Gasteiger partial charge is 0.351 e. The molecule has 1 aromatic carbocycles. The van der Waals surface area contributed by atoms with Gasteiger partial charge in [-0.2, -0.15) is 0 Å². The van der Waals surface area contributed by atoms with E-state index in [1.165, 1.54) is 21.7 Å². The lowest BCUT2D eigenvalue weighted by atomic mass is 9.97. The highest BCUT2D eigenvalue weighted by Crippen LogP contribution is 2.25. The Morgan fingerprint density at radius 1 is 1.23 bits per heavy atom. The number of benzene rings is 1. The maximum absolute atomic E-state index is 12.3. The lowest BCUT2D eigenvalue weighted by molar-refractivity contribution is 0.0957. The molecule has 0 saturated heterocycles. The van der Waals surface area contributed by atoms with E-state index < -0.39 is 0 Å². The van der Waals surface area contributed by atoms with Gasteiger partial charge in [-0.15, -0.1) is 22.7 Å². The molecule has 6 heteroatoms. The van der Waals surface area contributed by atoms with Crippen molar-refractivity contribution in [1.29, 1.82) is 0 Å². The minimum Gasteiger partial charge on any atom is -0.351 e. The lowest BCUT2D eigenvalue weighted by Crippen LogP contribution is -2.35. The van der Waals surface area contributed by atoms with Gasteiger partial charge < -0.3 is 10.6 Å². The van der Waals surface area contributed by atoms with Gasteiger partial charge in [0.05, 0.1) is 16.1 Å². The number of thiazole rings is 1. The maximum atomic E-state index is 12.3. The third-order valence-electron chi connectivity index (χ3n) is 4.86. The Kier molecular flexibility index (Phi) is 5.62. The van der Waals surface area contributed by atoms with Gasteiger partial charge in [0.25, 0.3) is 5.91 Å². The predicted octanol–water partition coefficient (Wildman–Crippen LogP) is 4.01. The summed E-state index contributed by atoms with van der Waals surface area (Å²) >= 11 is 3.34. The highest BCUT2D eigenvalue weighted by molar-refractivity contribution is 7.20. The van der Waals surface area contributed by atoms with E-state index in [2.05, 4.69) is 27.8 Å². The number of unbranched alkanes of at least 4 members (excludes halogenated alkanes) is 1. The molecule has 0 saturated carbocycles. The topological polar surface area (TPSA) is 54.0 Å². The summed E-state index contributed by atoms with van der Waals surface area (Å²) in [5.74, 6) is 0.0455.